The number of nitrogens with zero attached hydrogens (tertiary/aromatic N) is 1. The van der Waals surface area contributed by atoms with E-state index in [9.17, 15) is 4.79 Å². The van der Waals surface area contributed by atoms with Crippen molar-refractivity contribution in [3.8, 4) is 0 Å². The number of piperidine rings is 1. The normalized spacial score (nSPS) is 17.2. The number of carbonyl (C=O) groups excluding carboxylic acids is 1. The zero-order chi connectivity index (χ0) is 13.7. The number of benzene rings is 1. The molecule has 0 unspecified atom stereocenters. The van der Waals surface area contributed by atoms with Crippen molar-refractivity contribution in [1.82, 2.24) is 10.2 Å². The number of para-hydroxylation sites is 1. The highest BCUT2D eigenvalue weighted by Gasteiger charge is 2.18. The number of hydrogen-bond donors (Lipinski definition) is 2. The van der Waals surface area contributed by atoms with Gasteiger partial charge in [0.25, 0.3) is 5.91 Å². The van der Waals surface area contributed by atoms with Crippen molar-refractivity contribution < 1.29 is 4.79 Å². The molecule has 0 spiro atoms. The lowest BCUT2D eigenvalue weighted by molar-refractivity contribution is 0.0940. The topological polar surface area (TPSA) is 44.4 Å². The fourth-order valence-electron chi connectivity index (χ4n) is 2.50. The third-order valence-electron chi connectivity index (χ3n) is 3.83. The standard InChI is InChI=1S/C15H23N3O/c1-16-14-6-4-3-5-13(14)15(19)17-11-12-7-9-18(2)10-8-12/h3-6,12,16H,7-11H2,1-2H3,(H,17,19). The lowest BCUT2D eigenvalue weighted by Gasteiger charge is -2.29. The summed E-state index contributed by atoms with van der Waals surface area (Å²) >= 11 is 0. The van der Waals surface area contributed by atoms with Crippen LogP contribution in [0.15, 0.2) is 24.3 Å². The van der Waals surface area contributed by atoms with Gasteiger partial charge in [0, 0.05) is 19.3 Å². The molecule has 104 valence electrons. The molecule has 0 bridgehead atoms. The van der Waals surface area contributed by atoms with Crippen LogP contribution in [0.25, 0.3) is 0 Å². The third-order valence-corrected chi connectivity index (χ3v) is 3.83. The van der Waals surface area contributed by atoms with Crippen molar-refractivity contribution in [2.75, 3.05) is 39.0 Å². The van der Waals surface area contributed by atoms with E-state index in [-0.39, 0.29) is 5.91 Å². The van der Waals surface area contributed by atoms with E-state index in [1.807, 2.05) is 31.3 Å². The minimum atomic E-state index is 0.0175. The van der Waals surface area contributed by atoms with E-state index in [4.69, 9.17) is 0 Å². The fourth-order valence-corrected chi connectivity index (χ4v) is 2.50. The average Bonchev–Trinajstić information content (AvgIpc) is 2.46. The Balaban J connectivity index is 1.87. The summed E-state index contributed by atoms with van der Waals surface area (Å²) in [6.07, 6.45) is 2.34. The van der Waals surface area contributed by atoms with Gasteiger partial charge in [-0.25, -0.2) is 0 Å². The Morgan fingerprint density at radius 3 is 2.68 bits per heavy atom. The summed E-state index contributed by atoms with van der Waals surface area (Å²) in [5.74, 6) is 0.630. The maximum atomic E-state index is 12.2. The molecular weight excluding hydrogens is 238 g/mol. The Kier molecular flexibility index (Phi) is 4.80. The lowest BCUT2D eigenvalue weighted by Crippen LogP contribution is -2.37. The van der Waals surface area contributed by atoms with Crippen LogP contribution in [0.5, 0.6) is 0 Å². The summed E-state index contributed by atoms with van der Waals surface area (Å²) < 4.78 is 0. The molecule has 1 aromatic carbocycles. The van der Waals surface area contributed by atoms with Gasteiger partial charge in [0.2, 0.25) is 0 Å². The quantitative estimate of drug-likeness (QED) is 0.868. The van der Waals surface area contributed by atoms with Gasteiger partial charge in [-0.1, -0.05) is 12.1 Å². The maximum absolute atomic E-state index is 12.2. The monoisotopic (exact) mass is 261 g/mol. The largest absolute Gasteiger partial charge is 0.387 e. The fraction of sp³-hybridized carbons (Fsp3) is 0.533. The number of nitrogens with one attached hydrogen (secondary N) is 2. The van der Waals surface area contributed by atoms with E-state index >= 15 is 0 Å². The van der Waals surface area contributed by atoms with Crippen LogP contribution < -0.4 is 10.6 Å². The average molecular weight is 261 g/mol. The van der Waals surface area contributed by atoms with E-state index < -0.39 is 0 Å². The highest BCUT2D eigenvalue weighted by atomic mass is 16.1. The minimum absolute atomic E-state index is 0.0175. The first-order valence-electron chi connectivity index (χ1n) is 6.94. The van der Waals surface area contributed by atoms with E-state index in [1.54, 1.807) is 0 Å². The van der Waals surface area contributed by atoms with Crippen LogP contribution in [0.4, 0.5) is 5.69 Å². The van der Waals surface area contributed by atoms with E-state index in [0.29, 0.717) is 5.92 Å². The van der Waals surface area contributed by atoms with Gasteiger partial charge in [-0.3, -0.25) is 4.79 Å². The van der Waals surface area contributed by atoms with Gasteiger partial charge in [-0.05, 0) is 51.0 Å². The number of carbonyl (C=O) groups is 1. The predicted molar refractivity (Wildman–Crippen MR) is 78.5 cm³/mol. The molecule has 1 heterocycles. The maximum Gasteiger partial charge on any atom is 0.253 e. The highest BCUT2D eigenvalue weighted by molar-refractivity contribution is 5.99. The van der Waals surface area contributed by atoms with Crippen molar-refractivity contribution in [3.63, 3.8) is 0 Å². The van der Waals surface area contributed by atoms with Gasteiger partial charge in [-0.2, -0.15) is 0 Å². The van der Waals surface area contributed by atoms with Crippen LogP contribution in [0, 0.1) is 5.92 Å². The molecule has 4 heteroatoms. The second-order valence-electron chi connectivity index (χ2n) is 5.25. The zero-order valence-electron chi connectivity index (χ0n) is 11.8. The molecule has 1 aliphatic rings. The van der Waals surface area contributed by atoms with Crippen molar-refractivity contribution in [1.29, 1.82) is 0 Å². The summed E-state index contributed by atoms with van der Waals surface area (Å²) in [6.45, 7) is 3.05. The van der Waals surface area contributed by atoms with E-state index in [2.05, 4.69) is 22.6 Å². The molecule has 0 aromatic heterocycles. The SMILES string of the molecule is CNc1ccccc1C(=O)NCC1CCN(C)CC1. The number of anilines is 1. The van der Waals surface area contributed by atoms with Gasteiger partial charge in [0.1, 0.15) is 0 Å². The predicted octanol–water partition coefficient (Wildman–Crippen LogP) is 1.80. The van der Waals surface area contributed by atoms with Crippen molar-refractivity contribution in [3.05, 3.63) is 29.8 Å². The van der Waals surface area contributed by atoms with Gasteiger partial charge >= 0.3 is 0 Å². The molecule has 1 fully saturated rings. The molecule has 2 N–H and O–H groups in total. The van der Waals surface area contributed by atoms with Gasteiger partial charge in [-0.15, -0.1) is 0 Å². The number of rotatable bonds is 4. The molecule has 4 nitrogen and oxygen atoms in total. The van der Waals surface area contributed by atoms with Crippen LogP contribution in [-0.4, -0.2) is 44.5 Å². The lowest BCUT2D eigenvalue weighted by atomic mass is 9.97. The molecule has 2 rings (SSSR count). The van der Waals surface area contributed by atoms with Crippen molar-refractivity contribution in [2.45, 2.75) is 12.8 Å². The highest BCUT2D eigenvalue weighted by Crippen LogP contribution is 2.16. The molecule has 1 aromatic rings. The Morgan fingerprint density at radius 1 is 1.32 bits per heavy atom. The Morgan fingerprint density at radius 2 is 2.00 bits per heavy atom. The molecule has 1 saturated heterocycles. The minimum Gasteiger partial charge on any atom is -0.387 e. The number of likely N-dealkylation sites (tertiary alicyclic amines) is 1. The second-order valence-corrected chi connectivity index (χ2v) is 5.25. The molecule has 0 aliphatic carbocycles. The summed E-state index contributed by atoms with van der Waals surface area (Å²) in [5, 5.41) is 6.11. The first kappa shape index (κ1) is 13.9. The summed E-state index contributed by atoms with van der Waals surface area (Å²) in [5.41, 5.74) is 1.60. The van der Waals surface area contributed by atoms with Crippen LogP contribution in [-0.2, 0) is 0 Å². The Labute approximate surface area is 115 Å². The van der Waals surface area contributed by atoms with Crippen molar-refractivity contribution in [2.24, 2.45) is 5.92 Å². The van der Waals surface area contributed by atoms with Gasteiger partial charge in [0.05, 0.1) is 5.56 Å². The molecule has 1 amide bonds. The number of amides is 1. The summed E-state index contributed by atoms with van der Waals surface area (Å²) in [4.78, 5) is 14.5. The van der Waals surface area contributed by atoms with Crippen LogP contribution >= 0.6 is 0 Å². The zero-order valence-corrected chi connectivity index (χ0v) is 11.8. The smallest absolute Gasteiger partial charge is 0.253 e. The number of hydrogen-bond acceptors (Lipinski definition) is 3. The van der Waals surface area contributed by atoms with Crippen LogP contribution in [0.2, 0.25) is 0 Å². The third kappa shape index (κ3) is 3.70. The van der Waals surface area contributed by atoms with E-state index in [0.717, 1.165) is 30.9 Å². The van der Waals surface area contributed by atoms with Crippen molar-refractivity contribution >= 4 is 11.6 Å². The molecule has 1 aliphatic heterocycles. The van der Waals surface area contributed by atoms with E-state index in [1.165, 1.54) is 12.8 Å². The molecule has 0 saturated carbocycles. The first-order chi connectivity index (χ1) is 9.20. The summed E-state index contributed by atoms with van der Waals surface area (Å²) in [7, 11) is 3.99. The Hall–Kier alpha value is -1.55. The molecule has 0 atom stereocenters. The second kappa shape index (κ2) is 6.57. The molecule has 19 heavy (non-hydrogen) atoms. The summed E-state index contributed by atoms with van der Waals surface area (Å²) in [6, 6.07) is 7.60. The molecule has 0 radical (unpaired) electrons. The first-order valence-corrected chi connectivity index (χ1v) is 6.94. The van der Waals surface area contributed by atoms with Gasteiger partial charge < -0.3 is 15.5 Å². The Bertz CT molecular complexity index is 425. The molecular formula is C15H23N3O. The van der Waals surface area contributed by atoms with Crippen LogP contribution in [0.1, 0.15) is 23.2 Å². The van der Waals surface area contributed by atoms with Crippen LogP contribution in [0.3, 0.4) is 0 Å². The van der Waals surface area contributed by atoms with Gasteiger partial charge in [0.15, 0.2) is 0 Å².